The Morgan fingerprint density at radius 3 is 2.63 bits per heavy atom. The van der Waals surface area contributed by atoms with E-state index in [1.807, 2.05) is 0 Å². The molecule has 1 rings (SSSR count). The van der Waals surface area contributed by atoms with Crippen molar-refractivity contribution in [3.63, 3.8) is 0 Å². The fourth-order valence-corrected chi connectivity index (χ4v) is 2.27. The van der Waals surface area contributed by atoms with Crippen molar-refractivity contribution < 1.29 is 17.9 Å². The maximum Gasteiger partial charge on any atom is 0.389 e. The Bertz CT molecular complexity index is 412. The molecule has 7 heteroatoms. The minimum absolute atomic E-state index is 0.0159. The lowest BCUT2D eigenvalue weighted by molar-refractivity contribution is -0.135. The minimum Gasteiger partial charge on any atom is -0.497 e. The SMILES string of the molecule is COc1ccc(Br)c(C(CCCC(F)(F)F)NN)c1. The number of hydrazine groups is 1. The van der Waals surface area contributed by atoms with Crippen LogP contribution in [-0.4, -0.2) is 13.3 Å². The fourth-order valence-electron chi connectivity index (χ4n) is 1.75. The molecule has 0 saturated heterocycles. The van der Waals surface area contributed by atoms with E-state index in [4.69, 9.17) is 10.6 Å². The summed E-state index contributed by atoms with van der Waals surface area (Å²) in [6, 6.07) is 4.94. The van der Waals surface area contributed by atoms with Crippen molar-refractivity contribution in [1.82, 2.24) is 5.43 Å². The lowest BCUT2D eigenvalue weighted by atomic mass is 10.0. The van der Waals surface area contributed by atoms with E-state index in [1.54, 1.807) is 18.2 Å². The average molecular weight is 341 g/mol. The molecule has 1 aromatic carbocycles. The number of methoxy groups -OCH3 is 1. The molecule has 0 amide bonds. The van der Waals surface area contributed by atoms with Crippen molar-refractivity contribution in [2.45, 2.75) is 31.5 Å². The van der Waals surface area contributed by atoms with Gasteiger partial charge in [0.1, 0.15) is 5.75 Å². The summed E-state index contributed by atoms with van der Waals surface area (Å²) in [5, 5.41) is 0. The van der Waals surface area contributed by atoms with Crippen molar-refractivity contribution >= 4 is 15.9 Å². The summed E-state index contributed by atoms with van der Waals surface area (Å²) in [4.78, 5) is 0. The third-order valence-corrected chi connectivity index (χ3v) is 3.45. The highest BCUT2D eigenvalue weighted by atomic mass is 79.9. The Labute approximate surface area is 118 Å². The lowest BCUT2D eigenvalue weighted by Gasteiger charge is -2.19. The first-order valence-electron chi connectivity index (χ1n) is 5.73. The number of nitrogens with one attached hydrogen (secondary N) is 1. The van der Waals surface area contributed by atoms with Crippen LogP contribution in [0.25, 0.3) is 0 Å². The third-order valence-electron chi connectivity index (χ3n) is 2.73. The van der Waals surface area contributed by atoms with Gasteiger partial charge in [-0.25, -0.2) is 0 Å². The second kappa shape index (κ2) is 7.12. The van der Waals surface area contributed by atoms with Gasteiger partial charge in [0.2, 0.25) is 0 Å². The summed E-state index contributed by atoms with van der Waals surface area (Å²) in [7, 11) is 1.53. The van der Waals surface area contributed by atoms with Gasteiger partial charge in [-0.3, -0.25) is 11.3 Å². The monoisotopic (exact) mass is 340 g/mol. The van der Waals surface area contributed by atoms with E-state index in [-0.39, 0.29) is 12.5 Å². The van der Waals surface area contributed by atoms with Gasteiger partial charge in [0.15, 0.2) is 0 Å². The quantitative estimate of drug-likeness (QED) is 0.613. The number of rotatable bonds is 6. The largest absolute Gasteiger partial charge is 0.497 e. The van der Waals surface area contributed by atoms with Gasteiger partial charge in [0.25, 0.3) is 0 Å². The number of benzene rings is 1. The summed E-state index contributed by atoms with van der Waals surface area (Å²) in [5.74, 6) is 6.06. The van der Waals surface area contributed by atoms with Gasteiger partial charge in [0, 0.05) is 16.9 Å². The molecule has 1 aromatic rings. The predicted molar refractivity (Wildman–Crippen MR) is 70.7 cm³/mol. The molecule has 0 saturated carbocycles. The van der Waals surface area contributed by atoms with Gasteiger partial charge in [0.05, 0.1) is 7.11 Å². The summed E-state index contributed by atoms with van der Waals surface area (Å²) in [6.45, 7) is 0. The molecule has 108 valence electrons. The highest BCUT2D eigenvalue weighted by molar-refractivity contribution is 9.10. The Hall–Kier alpha value is -0.790. The number of hydrogen-bond donors (Lipinski definition) is 2. The van der Waals surface area contributed by atoms with Gasteiger partial charge in [-0.15, -0.1) is 0 Å². The van der Waals surface area contributed by atoms with Crippen molar-refractivity contribution in [2.75, 3.05) is 7.11 Å². The van der Waals surface area contributed by atoms with Crippen LogP contribution in [0.5, 0.6) is 5.75 Å². The van der Waals surface area contributed by atoms with Gasteiger partial charge < -0.3 is 4.74 Å². The van der Waals surface area contributed by atoms with Gasteiger partial charge >= 0.3 is 6.18 Å². The first-order valence-corrected chi connectivity index (χ1v) is 6.53. The van der Waals surface area contributed by atoms with Crippen LogP contribution >= 0.6 is 15.9 Å². The molecule has 1 unspecified atom stereocenters. The van der Waals surface area contributed by atoms with E-state index >= 15 is 0 Å². The van der Waals surface area contributed by atoms with Crippen LogP contribution < -0.4 is 16.0 Å². The summed E-state index contributed by atoms with van der Waals surface area (Å²) < 4.78 is 42.3. The fraction of sp³-hybridized carbons (Fsp3) is 0.500. The van der Waals surface area contributed by atoms with Crippen molar-refractivity contribution in [1.29, 1.82) is 0 Å². The van der Waals surface area contributed by atoms with Crippen molar-refractivity contribution in [2.24, 2.45) is 5.84 Å². The second-order valence-electron chi connectivity index (χ2n) is 4.11. The molecule has 0 aliphatic carbocycles. The molecular weight excluding hydrogens is 325 g/mol. The Kier molecular flexibility index (Phi) is 6.09. The molecule has 3 nitrogen and oxygen atoms in total. The molecule has 1 atom stereocenters. The molecule has 0 heterocycles. The van der Waals surface area contributed by atoms with Crippen molar-refractivity contribution in [3.8, 4) is 5.75 Å². The summed E-state index contributed by atoms with van der Waals surface area (Å²) in [6.07, 6.45) is -4.64. The number of alkyl halides is 3. The number of nitrogens with two attached hydrogens (primary N) is 1. The number of hydrogen-bond acceptors (Lipinski definition) is 3. The average Bonchev–Trinajstić information content (AvgIpc) is 2.34. The summed E-state index contributed by atoms with van der Waals surface area (Å²) in [5.41, 5.74) is 3.33. The highest BCUT2D eigenvalue weighted by Crippen LogP contribution is 2.31. The summed E-state index contributed by atoms with van der Waals surface area (Å²) >= 11 is 3.36. The van der Waals surface area contributed by atoms with Crippen LogP contribution in [-0.2, 0) is 0 Å². The van der Waals surface area contributed by atoms with Crippen LogP contribution in [0.3, 0.4) is 0 Å². The van der Waals surface area contributed by atoms with E-state index in [9.17, 15) is 13.2 Å². The molecule has 0 aliphatic heterocycles. The zero-order valence-corrected chi connectivity index (χ0v) is 12.0. The molecular formula is C12H16BrF3N2O. The molecule has 0 aliphatic rings. The van der Waals surface area contributed by atoms with E-state index in [2.05, 4.69) is 21.4 Å². The first-order chi connectivity index (χ1) is 8.87. The molecule has 0 spiro atoms. The number of ether oxygens (including phenoxy) is 1. The Morgan fingerprint density at radius 2 is 2.11 bits per heavy atom. The first kappa shape index (κ1) is 16.3. The molecule has 0 bridgehead atoms. The smallest absolute Gasteiger partial charge is 0.389 e. The molecule has 3 N–H and O–H groups in total. The van der Waals surface area contributed by atoms with Gasteiger partial charge in [-0.1, -0.05) is 15.9 Å². The standard InChI is InChI=1S/C12H16BrF3N2O/c1-19-8-4-5-10(13)9(7-8)11(18-17)3-2-6-12(14,15)16/h4-5,7,11,18H,2-3,6,17H2,1H3. The number of halogens is 4. The van der Waals surface area contributed by atoms with E-state index in [1.165, 1.54) is 7.11 Å². The zero-order valence-electron chi connectivity index (χ0n) is 10.4. The molecule has 19 heavy (non-hydrogen) atoms. The lowest BCUT2D eigenvalue weighted by Crippen LogP contribution is -2.28. The van der Waals surface area contributed by atoms with E-state index < -0.39 is 12.6 Å². The highest BCUT2D eigenvalue weighted by Gasteiger charge is 2.27. The van der Waals surface area contributed by atoms with Gasteiger partial charge in [-0.2, -0.15) is 13.2 Å². The predicted octanol–water partition coefficient (Wildman–Crippen LogP) is 3.69. The topological polar surface area (TPSA) is 47.3 Å². The van der Waals surface area contributed by atoms with Crippen LogP contribution in [0.1, 0.15) is 30.9 Å². The third kappa shape index (κ3) is 5.38. The Morgan fingerprint density at radius 1 is 1.42 bits per heavy atom. The molecule has 0 radical (unpaired) electrons. The zero-order chi connectivity index (χ0) is 14.5. The van der Waals surface area contributed by atoms with Crippen LogP contribution in [0, 0.1) is 0 Å². The van der Waals surface area contributed by atoms with Gasteiger partial charge in [-0.05, 0) is 36.6 Å². The van der Waals surface area contributed by atoms with E-state index in [0.717, 1.165) is 10.0 Å². The molecule has 0 fully saturated rings. The molecule has 0 aromatic heterocycles. The van der Waals surface area contributed by atoms with Crippen LogP contribution in [0.4, 0.5) is 13.2 Å². The van der Waals surface area contributed by atoms with Crippen LogP contribution in [0.15, 0.2) is 22.7 Å². The minimum atomic E-state index is -4.13. The Balaban J connectivity index is 2.74. The normalized spacial score (nSPS) is 13.4. The van der Waals surface area contributed by atoms with Crippen LogP contribution in [0.2, 0.25) is 0 Å². The van der Waals surface area contributed by atoms with E-state index in [0.29, 0.717) is 12.2 Å². The second-order valence-corrected chi connectivity index (χ2v) is 4.97. The maximum atomic E-state index is 12.1. The maximum absolute atomic E-state index is 12.1. The van der Waals surface area contributed by atoms with Crippen molar-refractivity contribution in [3.05, 3.63) is 28.2 Å².